The minimum Gasteiger partial charge on any atom is -0.301 e. The van der Waals surface area contributed by atoms with E-state index in [1.54, 1.807) is 25.3 Å². The SMILES string of the molecule is Cc1cnc(NC(=O)C(C)c2ccc(-c3ccccc3)c(F)c2)s1. The molecule has 1 amide bonds. The van der Waals surface area contributed by atoms with Crippen LogP contribution in [0.4, 0.5) is 9.52 Å². The largest absolute Gasteiger partial charge is 0.301 e. The molecule has 0 aliphatic carbocycles. The number of aryl methyl sites for hydroxylation is 1. The fraction of sp³-hybridized carbons (Fsp3) is 0.158. The highest BCUT2D eigenvalue weighted by Gasteiger charge is 2.18. The van der Waals surface area contributed by atoms with Crippen LogP contribution in [-0.2, 0) is 4.79 Å². The van der Waals surface area contributed by atoms with E-state index in [0.29, 0.717) is 16.3 Å². The van der Waals surface area contributed by atoms with Crippen LogP contribution in [0.5, 0.6) is 0 Å². The average molecular weight is 340 g/mol. The van der Waals surface area contributed by atoms with Crippen LogP contribution >= 0.6 is 11.3 Å². The smallest absolute Gasteiger partial charge is 0.233 e. The first-order valence-corrected chi connectivity index (χ1v) is 8.44. The summed E-state index contributed by atoms with van der Waals surface area (Å²) in [4.78, 5) is 17.5. The van der Waals surface area contributed by atoms with Gasteiger partial charge in [-0.25, -0.2) is 9.37 Å². The van der Waals surface area contributed by atoms with E-state index >= 15 is 0 Å². The monoisotopic (exact) mass is 340 g/mol. The van der Waals surface area contributed by atoms with Gasteiger partial charge in [0.05, 0.1) is 5.92 Å². The third-order valence-corrected chi connectivity index (χ3v) is 4.65. The second kappa shape index (κ2) is 6.93. The first-order valence-electron chi connectivity index (χ1n) is 7.63. The first-order chi connectivity index (χ1) is 11.5. The van der Waals surface area contributed by atoms with Gasteiger partial charge in [-0.1, -0.05) is 42.5 Å². The summed E-state index contributed by atoms with van der Waals surface area (Å²) < 4.78 is 14.4. The van der Waals surface area contributed by atoms with Crippen molar-refractivity contribution in [2.24, 2.45) is 0 Å². The van der Waals surface area contributed by atoms with Gasteiger partial charge >= 0.3 is 0 Å². The molecular formula is C19H17FN2OS. The molecule has 1 N–H and O–H groups in total. The third kappa shape index (κ3) is 3.51. The molecule has 24 heavy (non-hydrogen) atoms. The van der Waals surface area contributed by atoms with Gasteiger partial charge in [0.2, 0.25) is 5.91 Å². The number of rotatable bonds is 4. The van der Waals surface area contributed by atoms with E-state index in [0.717, 1.165) is 10.4 Å². The summed E-state index contributed by atoms with van der Waals surface area (Å²) in [6, 6.07) is 14.3. The molecule has 0 aliphatic heterocycles. The minimum atomic E-state index is -0.464. The van der Waals surface area contributed by atoms with Crippen LogP contribution in [0.1, 0.15) is 23.3 Å². The van der Waals surface area contributed by atoms with Crippen LogP contribution in [0.3, 0.4) is 0 Å². The zero-order chi connectivity index (χ0) is 17.1. The van der Waals surface area contributed by atoms with Crippen LogP contribution in [0, 0.1) is 12.7 Å². The Kier molecular flexibility index (Phi) is 4.71. The molecule has 0 fully saturated rings. The van der Waals surface area contributed by atoms with E-state index in [4.69, 9.17) is 0 Å². The lowest BCUT2D eigenvalue weighted by Gasteiger charge is -2.13. The number of nitrogens with one attached hydrogen (secondary N) is 1. The van der Waals surface area contributed by atoms with Gasteiger partial charge < -0.3 is 5.32 Å². The van der Waals surface area contributed by atoms with Gasteiger partial charge in [-0.05, 0) is 31.0 Å². The van der Waals surface area contributed by atoms with Crippen molar-refractivity contribution in [2.75, 3.05) is 5.32 Å². The molecule has 0 aliphatic rings. The van der Waals surface area contributed by atoms with Crippen LogP contribution in [0.25, 0.3) is 11.1 Å². The molecule has 0 spiro atoms. The summed E-state index contributed by atoms with van der Waals surface area (Å²) in [6.45, 7) is 3.68. The van der Waals surface area contributed by atoms with Crippen LogP contribution in [-0.4, -0.2) is 10.9 Å². The highest BCUT2D eigenvalue weighted by atomic mass is 32.1. The van der Waals surface area contributed by atoms with Crippen LogP contribution in [0.2, 0.25) is 0 Å². The molecule has 1 unspecified atom stereocenters. The quantitative estimate of drug-likeness (QED) is 0.726. The highest BCUT2D eigenvalue weighted by Crippen LogP contribution is 2.27. The summed E-state index contributed by atoms with van der Waals surface area (Å²) in [6.07, 6.45) is 1.71. The number of hydrogen-bond acceptors (Lipinski definition) is 3. The molecule has 122 valence electrons. The van der Waals surface area contributed by atoms with E-state index in [-0.39, 0.29) is 11.7 Å². The average Bonchev–Trinajstić information content (AvgIpc) is 2.99. The Morgan fingerprint density at radius 1 is 1.21 bits per heavy atom. The number of carbonyl (C=O) groups is 1. The van der Waals surface area contributed by atoms with E-state index in [1.807, 2.05) is 37.3 Å². The molecule has 1 aromatic heterocycles. The second-order valence-corrected chi connectivity index (χ2v) is 6.83. The highest BCUT2D eigenvalue weighted by molar-refractivity contribution is 7.15. The summed E-state index contributed by atoms with van der Waals surface area (Å²) in [5.41, 5.74) is 1.98. The number of thiazole rings is 1. The predicted octanol–water partition coefficient (Wildman–Crippen LogP) is 5.00. The number of benzene rings is 2. The summed E-state index contributed by atoms with van der Waals surface area (Å²) in [5, 5.41) is 3.33. The number of nitrogens with zero attached hydrogens (tertiary/aromatic N) is 1. The van der Waals surface area contributed by atoms with E-state index in [9.17, 15) is 9.18 Å². The Balaban J connectivity index is 1.79. The first kappa shape index (κ1) is 16.3. The molecule has 3 rings (SSSR count). The molecular weight excluding hydrogens is 323 g/mol. The summed E-state index contributed by atoms with van der Waals surface area (Å²) in [7, 11) is 0. The van der Waals surface area contributed by atoms with Gasteiger partial charge in [0.15, 0.2) is 5.13 Å². The lowest BCUT2D eigenvalue weighted by atomic mass is 9.96. The van der Waals surface area contributed by atoms with Crippen molar-refractivity contribution in [1.29, 1.82) is 0 Å². The normalized spacial score (nSPS) is 12.0. The zero-order valence-electron chi connectivity index (χ0n) is 13.4. The molecule has 0 saturated heterocycles. The Morgan fingerprint density at radius 3 is 2.58 bits per heavy atom. The molecule has 0 radical (unpaired) electrons. The number of hydrogen-bond donors (Lipinski definition) is 1. The second-order valence-electron chi connectivity index (χ2n) is 5.59. The molecule has 0 bridgehead atoms. The Hall–Kier alpha value is -2.53. The van der Waals surface area contributed by atoms with Gasteiger partial charge in [-0.3, -0.25) is 4.79 Å². The zero-order valence-corrected chi connectivity index (χ0v) is 14.2. The molecule has 5 heteroatoms. The molecule has 3 nitrogen and oxygen atoms in total. The van der Waals surface area contributed by atoms with Crippen molar-refractivity contribution >= 4 is 22.4 Å². The number of carbonyl (C=O) groups excluding carboxylic acids is 1. The molecule has 0 saturated carbocycles. The van der Waals surface area contributed by atoms with Crippen molar-refractivity contribution in [3.63, 3.8) is 0 Å². The van der Waals surface area contributed by atoms with Crippen LogP contribution in [0.15, 0.2) is 54.7 Å². The molecule has 1 atom stereocenters. The fourth-order valence-electron chi connectivity index (χ4n) is 2.43. The number of halogens is 1. The minimum absolute atomic E-state index is 0.198. The van der Waals surface area contributed by atoms with Crippen molar-refractivity contribution < 1.29 is 9.18 Å². The van der Waals surface area contributed by atoms with Crippen molar-refractivity contribution in [3.8, 4) is 11.1 Å². The van der Waals surface area contributed by atoms with E-state index < -0.39 is 5.92 Å². The van der Waals surface area contributed by atoms with E-state index in [2.05, 4.69) is 10.3 Å². The van der Waals surface area contributed by atoms with Crippen molar-refractivity contribution in [3.05, 3.63) is 71.0 Å². The number of amides is 1. The lowest BCUT2D eigenvalue weighted by molar-refractivity contribution is -0.117. The van der Waals surface area contributed by atoms with Crippen LogP contribution < -0.4 is 5.32 Å². The standard InChI is InChI=1S/C19H17FN2OS/c1-12-11-21-19(24-12)22-18(23)13(2)15-8-9-16(17(20)10-15)14-6-4-3-5-7-14/h3-11,13H,1-2H3,(H,21,22,23). The Bertz CT molecular complexity index is 861. The Morgan fingerprint density at radius 2 is 1.96 bits per heavy atom. The molecule has 2 aromatic carbocycles. The Labute approximate surface area is 144 Å². The molecule has 3 aromatic rings. The van der Waals surface area contributed by atoms with Gasteiger partial charge in [0, 0.05) is 16.6 Å². The fourth-order valence-corrected chi connectivity index (χ4v) is 3.10. The maximum atomic E-state index is 14.4. The van der Waals surface area contributed by atoms with E-state index in [1.165, 1.54) is 17.4 Å². The number of anilines is 1. The predicted molar refractivity (Wildman–Crippen MR) is 95.7 cm³/mol. The van der Waals surface area contributed by atoms with Crippen molar-refractivity contribution in [1.82, 2.24) is 4.98 Å². The van der Waals surface area contributed by atoms with Gasteiger partial charge in [0.25, 0.3) is 0 Å². The van der Waals surface area contributed by atoms with Gasteiger partial charge in [-0.2, -0.15) is 0 Å². The molecule has 1 heterocycles. The van der Waals surface area contributed by atoms with Crippen molar-refractivity contribution in [2.45, 2.75) is 19.8 Å². The number of aromatic nitrogens is 1. The maximum Gasteiger partial charge on any atom is 0.233 e. The summed E-state index contributed by atoms with van der Waals surface area (Å²) in [5.74, 6) is -0.992. The summed E-state index contributed by atoms with van der Waals surface area (Å²) >= 11 is 1.41. The lowest BCUT2D eigenvalue weighted by Crippen LogP contribution is -2.18. The van der Waals surface area contributed by atoms with Gasteiger partial charge in [0.1, 0.15) is 5.82 Å². The van der Waals surface area contributed by atoms with Gasteiger partial charge in [-0.15, -0.1) is 11.3 Å². The maximum absolute atomic E-state index is 14.4. The topological polar surface area (TPSA) is 42.0 Å². The third-order valence-electron chi connectivity index (χ3n) is 3.82.